The van der Waals surface area contributed by atoms with Gasteiger partial charge in [0.15, 0.2) is 0 Å². The fourth-order valence-electron chi connectivity index (χ4n) is 3.08. The van der Waals surface area contributed by atoms with E-state index in [1.54, 1.807) is 0 Å². The standard InChI is InChI=1S/C17H24N4O/c1-21-15-9-3-2-7-13(15)20-16(21)10-6-12-19-17(22)14-8-4-5-11-18-14/h2-3,7,9,14,18H,4-6,8,10-12H2,1H3,(H,19,22)/t14-/m1/s1. The lowest BCUT2D eigenvalue weighted by Gasteiger charge is -2.22. The number of nitrogens with one attached hydrogen (secondary N) is 2. The van der Waals surface area contributed by atoms with Crippen LogP contribution in [0.2, 0.25) is 0 Å². The van der Waals surface area contributed by atoms with E-state index >= 15 is 0 Å². The van der Waals surface area contributed by atoms with Crippen LogP contribution in [0.25, 0.3) is 11.0 Å². The number of aryl methyl sites for hydroxylation is 2. The van der Waals surface area contributed by atoms with E-state index in [0.29, 0.717) is 6.54 Å². The average Bonchev–Trinajstić information content (AvgIpc) is 2.89. The second kappa shape index (κ2) is 6.92. The molecule has 1 atom stereocenters. The molecule has 1 aliphatic rings. The van der Waals surface area contributed by atoms with Gasteiger partial charge in [-0.2, -0.15) is 0 Å². The van der Waals surface area contributed by atoms with Crippen LogP contribution < -0.4 is 10.6 Å². The van der Waals surface area contributed by atoms with Gasteiger partial charge in [-0.15, -0.1) is 0 Å². The molecule has 1 saturated heterocycles. The van der Waals surface area contributed by atoms with Crippen molar-refractivity contribution in [3.8, 4) is 0 Å². The van der Waals surface area contributed by atoms with Gasteiger partial charge < -0.3 is 15.2 Å². The van der Waals surface area contributed by atoms with E-state index in [9.17, 15) is 4.79 Å². The number of carbonyl (C=O) groups excluding carboxylic acids is 1. The number of piperidine rings is 1. The first-order valence-corrected chi connectivity index (χ1v) is 8.17. The van der Waals surface area contributed by atoms with Crippen molar-refractivity contribution in [2.45, 2.75) is 38.1 Å². The molecule has 1 fully saturated rings. The van der Waals surface area contributed by atoms with Crippen LogP contribution in [0.1, 0.15) is 31.5 Å². The molecule has 2 N–H and O–H groups in total. The summed E-state index contributed by atoms with van der Waals surface area (Å²) in [6.45, 7) is 1.66. The van der Waals surface area contributed by atoms with Crippen LogP contribution in [0.4, 0.5) is 0 Å². The minimum atomic E-state index is 0.00417. The van der Waals surface area contributed by atoms with Crippen LogP contribution in [0.15, 0.2) is 24.3 Å². The Morgan fingerprint density at radius 2 is 2.27 bits per heavy atom. The van der Waals surface area contributed by atoms with Crippen molar-refractivity contribution >= 4 is 16.9 Å². The maximum atomic E-state index is 12.0. The molecular weight excluding hydrogens is 276 g/mol. The molecule has 5 heteroatoms. The van der Waals surface area contributed by atoms with Gasteiger partial charge in [-0.1, -0.05) is 18.6 Å². The summed E-state index contributed by atoms with van der Waals surface area (Å²) in [7, 11) is 2.05. The van der Waals surface area contributed by atoms with Crippen LogP contribution in [-0.2, 0) is 18.3 Å². The van der Waals surface area contributed by atoms with E-state index in [2.05, 4.69) is 33.3 Å². The highest BCUT2D eigenvalue weighted by Gasteiger charge is 2.19. The number of nitrogens with zero attached hydrogens (tertiary/aromatic N) is 2. The van der Waals surface area contributed by atoms with Crippen LogP contribution >= 0.6 is 0 Å². The van der Waals surface area contributed by atoms with Gasteiger partial charge in [-0.25, -0.2) is 4.98 Å². The molecule has 22 heavy (non-hydrogen) atoms. The number of imidazole rings is 1. The third-order valence-corrected chi connectivity index (χ3v) is 4.38. The Labute approximate surface area is 131 Å². The lowest BCUT2D eigenvalue weighted by molar-refractivity contribution is -0.123. The lowest BCUT2D eigenvalue weighted by atomic mass is 10.0. The maximum Gasteiger partial charge on any atom is 0.237 e. The molecule has 2 aromatic rings. The highest BCUT2D eigenvalue weighted by Crippen LogP contribution is 2.15. The first-order valence-electron chi connectivity index (χ1n) is 8.17. The fourth-order valence-corrected chi connectivity index (χ4v) is 3.08. The zero-order valence-electron chi connectivity index (χ0n) is 13.1. The molecule has 0 spiro atoms. The minimum Gasteiger partial charge on any atom is -0.355 e. The summed E-state index contributed by atoms with van der Waals surface area (Å²) < 4.78 is 2.14. The molecule has 0 bridgehead atoms. The molecule has 3 rings (SSSR count). The van der Waals surface area contributed by atoms with Gasteiger partial charge in [0.1, 0.15) is 5.82 Å². The van der Waals surface area contributed by atoms with Gasteiger partial charge in [-0.3, -0.25) is 4.79 Å². The Morgan fingerprint density at radius 1 is 1.41 bits per heavy atom. The predicted molar refractivity (Wildman–Crippen MR) is 87.7 cm³/mol. The Kier molecular flexibility index (Phi) is 4.73. The molecule has 1 aromatic carbocycles. The Bertz CT molecular complexity index is 643. The second-order valence-corrected chi connectivity index (χ2v) is 5.97. The number of hydrogen-bond donors (Lipinski definition) is 2. The van der Waals surface area contributed by atoms with Crippen LogP contribution in [0.5, 0.6) is 0 Å². The number of benzene rings is 1. The lowest BCUT2D eigenvalue weighted by Crippen LogP contribution is -2.46. The molecule has 0 aliphatic carbocycles. The predicted octanol–water partition coefficient (Wildman–Crippen LogP) is 1.76. The van der Waals surface area contributed by atoms with Crippen molar-refractivity contribution in [1.29, 1.82) is 0 Å². The van der Waals surface area contributed by atoms with E-state index in [1.165, 1.54) is 6.42 Å². The quantitative estimate of drug-likeness (QED) is 0.827. The maximum absolute atomic E-state index is 12.0. The SMILES string of the molecule is Cn1c(CCCNC(=O)[C@H]2CCCCN2)nc2ccccc21. The van der Waals surface area contributed by atoms with E-state index in [1.807, 2.05) is 18.2 Å². The van der Waals surface area contributed by atoms with Crippen molar-refractivity contribution in [3.05, 3.63) is 30.1 Å². The fraction of sp³-hybridized carbons (Fsp3) is 0.529. The third-order valence-electron chi connectivity index (χ3n) is 4.38. The number of aromatic nitrogens is 2. The van der Waals surface area contributed by atoms with Crippen molar-refractivity contribution in [1.82, 2.24) is 20.2 Å². The van der Waals surface area contributed by atoms with Crippen molar-refractivity contribution in [3.63, 3.8) is 0 Å². The zero-order chi connectivity index (χ0) is 15.4. The first kappa shape index (κ1) is 15.0. The topological polar surface area (TPSA) is 59.0 Å². The molecular formula is C17H24N4O. The number of carbonyl (C=O) groups is 1. The molecule has 0 saturated carbocycles. The molecule has 0 unspecified atom stereocenters. The summed E-state index contributed by atoms with van der Waals surface area (Å²) in [5.74, 6) is 1.22. The van der Waals surface area contributed by atoms with Gasteiger partial charge in [0.2, 0.25) is 5.91 Å². The Morgan fingerprint density at radius 3 is 3.05 bits per heavy atom. The number of para-hydroxylation sites is 2. The summed E-state index contributed by atoms with van der Waals surface area (Å²) in [6, 6.07) is 8.17. The van der Waals surface area contributed by atoms with Crippen LogP contribution in [0.3, 0.4) is 0 Å². The highest BCUT2D eigenvalue weighted by molar-refractivity contribution is 5.81. The summed E-state index contributed by atoms with van der Waals surface area (Å²) in [5.41, 5.74) is 2.20. The van der Waals surface area contributed by atoms with E-state index in [-0.39, 0.29) is 11.9 Å². The van der Waals surface area contributed by atoms with Crippen LogP contribution in [-0.4, -0.2) is 34.6 Å². The number of hydrogen-bond acceptors (Lipinski definition) is 3. The van der Waals surface area contributed by atoms with E-state index < -0.39 is 0 Å². The van der Waals surface area contributed by atoms with Gasteiger partial charge in [-0.05, 0) is 37.9 Å². The summed E-state index contributed by atoms with van der Waals surface area (Å²) in [5, 5.41) is 6.31. The van der Waals surface area contributed by atoms with Gasteiger partial charge in [0, 0.05) is 20.0 Å². The second-order valence-electron chi connectivity index (χ2n) is 5.97. The summed E-state index contributed by atoms with van der Waals surface area (Å²) in [6.07, 6.45) is 5.07. The Hall–Kier alpha value is -1.88. The van der Waals surface area contributed by atoms with Gasteiger partial charge in [0.05, 0.1) is 17.1 Å². The van der Waals surface area contributed by atoms with Crippen LogP contribution in [0, 0.1) is 0 Å². The van der Waals surface area contributed by atoms with E-state index in [4.69, 9.17) is 0 Å². The van der Waals surface area contributed by atoms with Crippen molar-refractivity contribution in [2.24, 2.45) is 7.05 Å². The van der Waals surface area contributed by atoms with Crippen molar-refractivity contribution < 1.29 is 4.79 Å². The van der Waals surface area contributed by atoms with Gasteiger partial charge in [0.25, 0.3) is 0 Å². The molecule has 0 radical (unpaired) electrons. The molecule has 1 amide bonds. The molecule has 1 aliphatic heterocycles. The van der Waals surface area contributed by atoms with Crippen molar-refractivity contribution in [2.75, 3.05) is 13.1 Å². The molecule has 5 nitrogen and oxygen atoms in total. The normalized spacial score (nSPS) is 18.5. The number of amides is 1. The zero-order valence-corrected chi connectivity index (χ0v) is 13.1. The molecule has 2 heterocycles. The average molecular weight is 300 g/mol. The van der Waals surface area contributed by atoms with E-state index in [0.717, 1.165) is 49.1 Å². The number of rotatable bonds is 5. The highest BCUT2D eigenvalue weighted by atomic mass is 16.2. The minimum absolute atomic E-state index is 0.00417. The first-order chi connectivity index (χ1) is 10.8. The smallest absolute Gasteiger partial charge is 0.237 e. The monoisotopic (exact) mass is 300 g/mol. The Balaban J connectivity index is 1.48. The number of fused-ring (bicyclic) bond motifs is 1. The molecule has 118 valence electrons. The largest absolute Gasteiger partial charge is 0.355 e. The summed E-state index contributed by atoms with van der Waals surface area (Å²) >= 11 is 0. The summed E-state index contributed by atoms with van der Waals surface area (Å²) in [4.78, 5) is 16.7. The van der Waals surface area contributed by atoms with Gasteiger partial charge >= 0.3 is 0 Å². The molecule has 1 aromatic heterocycles. The third kappa shape index (κ3) is 3.30.